The number of fused-ring (bicyclic) bond motifs is 1. The van der Waals surface area contributed by atoms with Gasteiger partial charge in [-0.1, -0.05) is 24.3 Å². The molecule has 0 saturated carbocycles. The first kappa shape index (κ1) is 14.8. The van der Waals surface area contributed by atoms with Crippen molar-refractivity contribution in [3.05, 3.63) is 52.8 Å². The van der Waals surface area contributed by atoms with Gasteiger partial charge in [-0.15, -0.1) is 0 Å². The van der Waals surface area contributed by atoms with E-state index in [-0.39, 0.29) is 18.4 Å². The molecule has 2 aromatic rings. The first-order valence-corrected chi connectivity index (χ1v) is 7.74. The van der Waals surface area contributed by atoms with Crippen LogP contribution in [0.4, 0.5) is 0 Å². The molecule has 1 amide bonds. The molecule has 3 rings (SSSR count). The van der Waals surface area contributed by atoms with Crippen molar-refractivity contribution in [3.8, 4) is 0 Å². The molecule has 0 saturated heterocycles. The third-order valence-corrected chi connectivity index (χ3v) is 4.31. The third-order valence-electron chi connectivity index (χ3n) is 4.31. The number of hydrogen-bond donors (Lipinski definition) is 3. The molecule has 1 aliphatic carbocycles. The number of rotatable bonds is 5. The lowest BCUT2D eigenvalue weighted by molar-refractivity contribution is -0.125. The Morgan fingerprint density at radius 3 is 2.86 bits per heavy atom. The predicted molar refractivity (Wildman–Crippen MR) is 83.2 cm³/mol. The fraction of sp³-hybridized carbons (Fsp3) is 0.412. The highest BCUT2D eigenvalue weighted by atomic mass is 16.3. The Morgan fingerprint density at radius 2 is 2.09 bits per heavy atom. The Morgan fingerprint density at radius 1 is 1.32 bits per heavy atom. The van der Waals surface area contributed by atoms with Crippen molar-refractivity contribution in [2.75, 3.05) is 6.54 Å². The lowest BCUT2D eigenvalue weighted by atomic mass is 9.87. The van der Waals surface area contributed by atoms with Crippen molar-refractivity contribution in [2.45, 2.75) is 32.3 Å². The summed E-state index contributed by atoms with van der Waals surface area (Å²) < 4.78 is 0. The van der Waals surface area contributed by atoms with Gasteiger partial charge in [0.1, 0.15) is 0 Å². The molecule has 1 aliphatic rings. The molecule has 0 bridgehead atoms. The molecular formula is C17H21N3O2. The predicted octanol–water partition coefficient (Wildman–Crippen LogP) is 1.37. The molecule has 5 heteroatoms. The monoisotopic (exact) mass is 299 g/mol. The molecular weight excluding hydrogens is 278 g/mol. The number of amides is 1. The van der Waals surface area contributed by atoms with E-state index in [9.17, 15) is 4.79 Å². The SMILES string of the molecule is O=C(NCCc1ccc(CO)cc1)C1CCc2cn[nH]c2C1. The maximum absolute atomic E-state index is 12.2. The minimum atomic E-state index is 0.0460. The van der Waals surface area contributed by atoms with Crippen LogP contribution in [0, 0.1) is 5.92 Å². The smallest absolute Gasteiger partial charge is 0.223 e. The highest BCUT2D eigenvalue weighted by molar-refractivity contribution is 5.79. The summed E-state index contributed by atoms with van der Waals surface area (Å²) in [6, 6.07) is 7.82. The van der Waals surface area contributed by atoms with Crippen molar-refractivity contribution in [1.29, 1.82) is 0 Å². The molecule has 1 aromatic carbocycles. The Labute approximate surface area is 129 Å². The molecule has 0 spiro atoms. The summed E-state index contributed by atoms with van der Waals surface area (Å²) >= 11 is 0. The van der Waals surface area contributed by atoms with E-state index in [0.29, 0.717) is 6.54 Å². The van der Waals surface area contributed by atoms with Crippen LogP contribution in [0.15, 0.2) is 30.5 Å². The van der Waals surface area contributed by atoms with Gasteiger partial charge >= 0.3 is 0 Å². The zero-order valence-electron chi connectivity index (χ0n) is 12.5. The van der Waals surface area contributed by atoms with Gasteiger partial charge in [0.15, 0.2) is 0 Å². The highest BCUT2D eigenvalue weighted by Crippen LogP contribution is 2.23. The van der Waals surface area contributed by atoms with E-state index < -0.39 is 0 Å². The van der Waals surface area contributed by atoms with Gasteiger partial charge in [0, 0.05) is 24.6 Å². The first-order valence-electron chi connectivity index (χ1n) is 7.74. The number of nitrogens with one attached hydrogen (secondary N) is 2. The van der Waals surface area contributed by atoms with Crippen LogP contribution in [0.5, 0.6) is 0 Å². The minimum Gasteiger partial charge on any atom is -0.392 e. The summed E-state index contributed by atoms with van der Waals surface area (Å²) in [7, 11) is 0. The number of nitrogens with zero attached hydrogens (tertiary/aromatic N) is 1. The zero-order valence-corrected chi connectivity index (χ0v) is 12.5. The molecule has 1 aromatic heterocycles. The number of benzene rings is 1. The molecule has 3 N–H and O–H groups in total. The average molecular weight is 299 g/mol. The molecule has 0 aliphatic heterocycles. The molecule has 0 radical (unpaired) electrons. The summed E-state index contributed by atoms with van der Waals surface area (Å²) in [5.41, 5.74) is 4.42. The highest BCUT2D eigenvalue weighted by Gasteiger charge is 2.25. The van der Waals surface area contributed by atoms with Crippen molar-refractivity contribution in [2.24, 2.45) is 5.92 Å². The van der Waals surface area contributed by atoms with Crippen LogP contribution in [-0.2, 0) is 30.7 Å². The maximum Gasteiger partial charge on any atom is 0.223 e. The second-order valence-corrected chi connectivity index (χ2v) is 5.83. The summed E-state index contributed by atoms with van der Waals surface area (Å²) in [6.07, 6.45) is 5.24. The lowest BCUT2D eigenvalue weighted by Crippen LogP contribution is -2.35. The van der Waals surface area contributed by atoms with Crippen LogP contribution in [0.3, 0.4) is 0 Å². The standard InChI is InChI=1S/C17H21N3O2/c21-11-13-3-1-12(2-4-13)7-8-18-17(22)14-5-6-15-10-19-20-16(15)9-14/h1-4,10,14,21H,5-9,11H2,(H,18,22)(H,19,20). The van der Waals surface area contributed by atoms with Crippen LogP contribution in [0.1, 0.15) is 28.8 Å². The second-order valence-electron chi connectivity index (χ2n) is 5.83. The fourth-order valence-electron chi connectivity index (χ4n) is 2.92. The van der Waals surface area contributed by atoms with Crippen molar-refractivity contribution < 1.29 is 9.90 Å². The van der Waals surface area contributed by atoms with E-state index in [1.807, 2.05) is 30.5 Å². The van der Waals surface area contributed by atoms with E-state index in [2.05, 4.69) is 15.5 Å². The van der Waals surface area contributed by atoms with Gasteiger partial charge < -0.3 is 10.4 Å². The van der Waals surface area contributed by atoms with Crippen LogP contribution in [0.2, 0.25) is 0 Å². The number of aromatic nitrogens is 2. The van der Waals surface area contributed by atoms with E-state index in [4.69, 9.17) is 5.11 Å². The molecule has 1 atom stereocenters. The normalized spacial score (nSPS) is 17.0. The Hall–Kier alpha value is -2.14. The Kier molecular flexibility index (Phi) is 4.53. The van der Waals surface area contributed by atoms with Crippen LogP contribution in [0.25, 0.3) is 0 Å². The number of H-pyrrole nitrogens is 1. The number of carbonyl (C=O) groups excluding carboxylic acids is 1. The lowest BCUT2D eigenvalue weighted by Gasteiger charge is -2.20. The average Bonchev–Trinajstić information content (AvgIpc) is 3.03. The molecule has 0 fully saturated rings. The number of aryl methyl sites for hydroxylation is 1. The molecule has 1 unspecified atom stereocenters. The summed E-state index contributed by atoms with van der Waals surface area (Å²) in [5.74, 6) is 0.178. The summed E-state index contributed by atoms with van der Waals surface area (Å²) in [5, 5.41) is 19.1. The maximum atomic E-state index is 12.2. The third kappa shape index (κ3) is 3.36. The molecule has 5 nitrogen and oxygen atoms in total. The molecule has 22 heavy (non-hydrogen) atoms. The zero-order chi connectivity index (χ0) is 15.4. The summed E-state index contributed by atoms with van der Waals surface area (Å²) in [4.78, 5) is 12.2. The van der Waals surface area contributed by atoms with Crippen molar-refractivity contribution >= 4 is 5.91 Å². The van der Waals surface area contributed by atoms with Crippen molar-refractivity contribution in [1.82, 2.24) is 15.5 Å². The van der Waals surface area contributed by atoms with Gasteiger partial charge in [-0.25, -0.2) is 0 Å². The number of carbonyl (C=O) groups is 1. The first-order chi connectivity index (χ1) is 10.8. The van der Waals surface area contributed by atoms with Crippen LogP contribution in [-0.4, -0.2) is 27.8 Å². The van der Waals surface area contributed by atoms with Crippen molar-refractivity contribution in [3.63, 3.8) is 0 Å². The van der Waals surface area contributed by atoms with Gasteiger partial charge in [-0.2, -0.15) is 5.10 Å². The number of hydrogen-bond acceptors (Lipinski definition) is 3. The van der Waals surface area contributed by atoms with Gasteiger partial charge in [0.2, 0.25) is 5.91 Å². The quantitative estimate of drug-likeness (QED) is 0.780. The molecule has 116 valence electrons. The Bertz CT molecular complexity index is 634. The second kappa shape index (κ2) is 6.75. The van der Waals surface area contributed by atoms with Gasteiger partial charge in [-0.05, 0) is 36.0 Å². The minimum absolute atomic E-state index is 0.0460. The van der Waals surface area contributed by atoms with E-state index >= 15 is 0 Å². The number of aromatic amines is 1. The topological polar surface area (TPSA) is 78.0 Å². The fourth-order valence-corrected chi connectivity index (χ4v) is 2.92. The van der Waals surface area contributed by atoms with E-state index in [0.717, 1.165) is 42.5 Å². The van der Waals surface area contributed by atoms with Crippen LogP contribution < -0.4 is 5.32 Å². The van der Waals surface area contributed by atoms with Crippen LogP contribution >= 0.6 is 0 Å². The number of aliphatic hydroxyl groups excluding tert-OH is 1. The van der Waals surface area contributed by atoms with Gasteiger partial charge in [-0.3, -0.25) is 9.89 Å². The van der Waals surface area contributed by atoms with Gasteiger partial charge in [0.05, 0.1) is 12.8 Å². The number of aliphatic hydroxyl groups is 1. The van der Waals surface area contributed by atoms with E-state index in [1.165, 1.54) is 5.56 Å². The summed E-state index contributed by atoms with van der Waals surface area (Å²) in [6.45, 7) is 0.706. The van der Waals surface area contributed by atoms with Gasteiger partial charge in [0.25, 0.3) is 0 Å². The largest absolute Gasteiger partial charge is 0.392 e. The Balaban J connectivity index is 1.46. The van der Waals surface area contributed by atoms with E-state index in [1.54, 1.807) is 0 Å². The molecule has 1 heterocycles.